The van der Waals surface area contributed by atoms with Crippen LogP contribution in [0.2, 0.25) is 5.02 Å². The average molecular weight is 341 g/mol. The summed E-state index contributed by atoms with van der Waals surface area (Å²) in [4.78, 5) is 15.0. The molecule has 1 heterocycles. The lowest BCUT2D eigenvalue weighted by Crippen LogP contribution is -2.26. The first kappa shape index (κ1) is 15.1. The zero-order valence-corrected chi connectivity index (χ0v) is 13.9. The maximum absolute atomic E-state index is 11.7. The van der Waals surface area contributed by atoms with Crippen LogP contribution in [-0.2, 0) is 4.74 Å². The molecule has 0 bridgehead atoms. The smallest absolute Gasteiger partial charge is 0.407 e. The lowest BCUT2D eigenvalue weighted by atomic mass is 9.92. The zero-order chi connectivity index (χ0) is 16.7. The van der Waals surface area contributed by atoms with E-state index in [0.29, 0.717) is 0 Å². The third-order valence-electron chi connectivity index (χ3n) is 4.75. The molecule has 0 spiro atoms. The van der Waals surface area contributed by atoms with Crippen LogP contribution < -0.4 is 5.32 Å². The molecule has 5 heteroatoms. The molecule has 0 saturated carbocycles. The van der Waals surface area contributed by atoms with E-state index in [1.165, 1.54) is 18.2 Å². The Labute approximate surface area is 144 Å². The number of carbonyl (C=O) groups is 1. The van der Waals surface area contributed by atoms with Crippen molar-refractivity contribution < 1.29 is 9.53 Å². The van der Waals surface area contributed by atoms with E-state index in [4.69, 9.17) is 16.3 Å². The second-order valence-electron chi connectivity index (χ2n) is 6.04. The number of halogens is 1. The highest BCUT2D eigenvalue weighted by atomic mass is 35.5. The molecule has 24 heavy (non-hydrogen) atoms. The Balaban J connectivity index is 1.78. The fraction of sp³-hybridized carbons (Fsp3) is 0.211. The minimum Gasteiger partial charge on any atom is -0.453 e. The van der Waals surface area contributed by atoms with Gasteiger partial charge in [-0.05, 0) is 41.3 Å². The van der Waals surface area contributed by atoms with Gasteiger partial charge >= 0.3 is 6.09 Å². The lowest BCUT2D eigenvalue weighted by molar-refractivity contribution is 0.166. The summed E-state index contributed by atoms with van der Waals surface area (Å²) in [5.41, 5.74) is 4.65. The number of carbonyl (C=O) groups excluding carboxylic acids is 1. The molecule has 122 valence electrons. The van der Waals surface area contributed by atoms with Crippen molar-refractivity contribution in [1.29, 1.82) is 0 Å². The predicted molar refractivity (Wildman–Crippen MR) is 94.5 cm³/mol. The molecule has 0 fully saturated rings. The number of nitrogens with one attached hydrogen (secondary N) is 2. The summed E-state index contributed by atoms with van der Waals surface area (Å²) in [5.74, 6) is 0.204. The molecule has 4 rings (SSSR count). The molecule has 0 aliphatic heterocycles. The van der Waals surface area contributed by atoms with E-state index in [9.17, 15) is 4.79 Å². The third-order valence-corrected chi connectivity index (χ3v) is 4.98. The Bertz CT molecular complexity index is 919. The number of H-pyrrole nitrogens is 1. The van der Waals surface area contributed by atoms with E-state index < -0.39 is 6.09 Å². The summed E-state index contributed by atoms with van der Waals surface area (Å²) in [6.07, 6.45) is 2.44. The van der Waals surface area contributed by atoms with Crippen LogP contribution >= 0.6 is 11.6 Å². The van der Waals surface area contributed by atoms with Gasteiger partial charge in [0.1, 0.15) is 0 Å². The highest BCUT2D eigenvalue weighted by Crippen LogP contribution is 2.46. The van der Waals surface area contributed by atoms with Crippen molar-refractivity contribution in [2.24, 2.45) is 0 Å². The van der Waals surface area contributed by atoms with Crippen LogP contribution in [0.25, 0.3) is 10.9 Å². The normalized spacial score (nSPS) is 19.2. The van der Waals surface area contributed by atoms with Gasteiger partial charge in [-0.3, -0.25) is 0 Å². The van der Waals surface area contributed by atoms with Crippen LogP contribution in [-0.4, -0.2) is 18.2 Å². The van der Waals surface area contributed by atoms with E-state index in [2.05, 4.69) is 22.4 Å². The fourth-order valence-corrected chi connectivity index (χ4v) is 3.84. The minimum atomic E-state index is -0.405. The summed E-state index contributed by atoms with van der Waals surface area (Å²) < 4.78 is 4.77. The molecule has 1 amide bonds. The van der Waals surface area contributed by atoms with Gasteiger partial charge in [0.25, 0.3) is 0 Å². The summed E-state index contributed by atoms with van der Waals surface area (Å²) in [6.45, 7) is 0. The van der Waals surface area contributed by atoms with Crippen LogP contribution in [0.1, 0.15) is 35.1 Å². The molecular formula is C19H17ClN2O2. The summed E-state index contributed by atoms with van der Waals surface area (Å²) in [5, 5.41) is 4.79. The van der Waals surface area contributed by atoms with Crippen molar-refractivity contribution in [3.05, 3.63) is 70.4 Å². The van der Waals surface area contributed by atoms with E-state index in [1.807, 2.05) is 36.5 Å². The molecule has 0 radical (unpaired) electrons. The van der Waals surface area contributed by atoms with Gasteiger partial charge < -0.3 is 15.0 Å². The average Bonchev–Trinajstić information content (AvgIpc) is 3.16. The van der Waals surface area contributed by atoms with E-state index in [0.717, 1.165) is 27.9 Å². The van der Waals surface area contributed by atoms with Gasteiger partial charge in [0.15, 0.2) is 0 Å². The number of ether oxygens (including phenoxy) is 1. The molecule has 2 atom stereocenters. The molecule has 2 aromatic carbocycles. The second-order valence-corrected chi connectivity index (χ2v) is 6.48. The second kappa shape index (κ2) is 5.87. The Kier molecular flexibility index (Phi) is 3.69. The van der Waals surface area contributed by atoms with Gasteiger partial charge in [0, 0.05) is 28.0 Å². The summed E-state index contributed by atoms with van der Waals surface area (Å²) in [6, 6.07) is 14.0. The van der Waals surface area contributed by atoms with E-state index >= 15 is 0 Å². The highest BCUT2D eigenvalue weighted by molar-refractivity contribution is 6.31. The maximum atomic E-state index is 11.7. The number of benzene rings is 2. The quantitative estimate of drug-likeness (QED) is 0.707. The number of aromatic amines is 1. The van der Waals surface area contributed by atoms with Gasteiger partial charge in [-0.2, -0.15) is 0 Å². The number of alkyl carbamates (subject to hydrolysis) is 1. The van der Waals surface area contributed by atoms with Crippen molar-refractivity contribution in [3.8, 4) is 0 Å². The minimum absolute atomic E-state index is 0.0530. The van der Waals surface area contributed by atoms with Crippen molar-refractivity contribution >= 4 is 28.6 Å². The number of aromatic nitrogens is 1. The Hall–Kier alpha value is -2.46. The fourth-order valence-electron chi connectivity index (χ4n) is 3.67. The van der Waals surface area contributed by atoms with Gasteiger partial charge in [-0.15, -0.1) is 0 Å². The van der Waals surface area contributed by atoms with Crippen molar-refractivity contribution in [2.75, 3.05) is 7.11 Å². The van der Waals surface area contributed by atoms with Gasteiger partial charge in [0.2, 0.25) is 0 Å². The summed E-state index contributed by atoms with van der Waals surface area (Å²) in [7, 11) is 1.38. The van der Waals surface area contributed by atoms with Crippen LogP contribution in [0.4, 0.5) is 4.79 Å². The first-order valence-electron chi connectivity index (χ1n) is 7.87. The topological polar surface area (TPSA) is 54.1 Å². The number of hydrogen-bond acceptors (Lipinski definition) is 2. The largest absolute Gasteiger partial charge is 0.453 e. The molecule has 1 aliphatic rings. The Morgan fingerprint density at radius 3 is 2.79 bits per heavy atom. The highest BCUT2D eigenvalue weighted by Gasteiger charge is 2.33. The SMILES string of the molecule is COC(=O)N[C@@H]1C[C@@H](c2c[nH]c3ccc(Cl)cc23)c2ccccc21. The molecule has 1 aliphatic carbocycles. The molecule has 4 nitrogen and oxygen atoms in total. The molecular weight excluding hydrogens is 324 g/mol. The Morgan fingerprint density at radius 2 is 2.00 bits per heavy atom. The molecule has 0 saturated heterocycles. The maximum Gasteiger partial charge on any atom is 0.407 e. The van der Waals surface area contributed by atoms with E-state index in [-0.39, 0.29) is 12.0 Å². The molecule has 2 N–H and O–H groups in total. The van der Waals surface area contributed by atoms with Crippen LogP contribution in [0.3, 0.4) is 0 Å². The molecule has 1 aromatic heterocycles. The van der Waals surface area contributed by atoms with Crippen molar-refractivity contribution in [1.82, 2.24) is 10.3 Å². The number of fused-ring (bicyclic) bond motifs is 2. The van der Waals surface area contributed by atoms with Crippen LogP contribution in [0, 0.1) is 0 Å². The number of rotatable bonds is 2. The predicted octanol–water partition coefficient (Wildman–Crippen LogP) is 4.75. The summed E-state index contributed by atoms with van der Waals surface area (Å²) >= 11 is 6.18. The van der Waals surface area contributed by atoms with Gasteiger partial charge in [-0.25, -0.2) is 4.79 Å². The van der Waals surface area contributed by atoms with Crippen molar-refractivity contribution in [2.45, 2.75) is 18.4 Å². The molecule has 3 aromatic rings. The lowest BCUT2D eigenvalue weighted by Gasteiger charge is -2.13. The first-order valence-corrected chi connectivity index (χ1v) is 8.25. The standard InChI is InChI=1S/C19H17ClN2O2/c1-24-19(23)22-18-9-14(12-4-2-3-5-13(12)18)16-10-21-17-7-6-11(20)8-15(16)17/h2-8,10,14,18,21H,9H2,1H3,(H,22,23)/t14-,18-/m1/s1. The van der Waals surface area contributed by atoms with Crippen LogP contribution in [0.5, 0.6) is 0 Å². The number of methoxy groups -OCH3 is 1. The van der Waals surface area contributed by atoms with Gasteiger partial charge in [-0.1, -0.05) is 35.9 Å². The zero-order valence-electron chi connectivity index (χ0n) is 13.2. The number of hydrogen-bond donors (Lipinski definition) is 2. The number of amides is 1. The molecule has 0 unspecified atom stereocenters. The van der Waals surface area contributed by atoms with Crippen molar-refractivity contribution in [3.63, 3.8) is 0 Å². The van der Waals surface area contributed by atoms with E-state index in [1.54, 1.807) is 0 Å². The monoisotopic (exact) mass is 340 g/mol. The van der Waals surface area contributed by atoms with Crippen LogP contribution in [0.15, 0.2) is 48.7 Å². The first-order chi connectivity index (χ1) is 11.7. The van der Waals surface area contributed by atoms with Gasteiger partial charge in [0.05, 0.1) is 13.2 Å². The third kappa shape index (κ3) is 2.43. The Morgan fingerprint density at radius 1 is 1.21 bits per heavy atom.